The van der Waals surface area contributed by atoms with Gasteiger partial charge in [-0.3, -0.25) is 9.36 Å². The zero-order chi connectivity index (χ0) is 24.9. The summed E-state index contributed by atoms with van der Waals surface area (Å²) in [6, 6.07) is 11.0. The maximum atomic E-state index is 14.2. The molecule has 0 unspecified atom stereocenters. The second kappa shape index (κ2) is 8.52. The molecule has 0 aliphatic heterocycles. The number of nitrogens with two attached hydrogens (primary N) is 2. The minimum absolute atomic E-state index is 0.000574. The van der Waals surface area contributed by atoms with Crippen LogP contribution in [0.2, 0.25) is 5.02 Å². The Hall–Kier alpha value is -4.23. The Balaban J connectivity index is 1.79. The number of hydrogen-bond acceptors (Lipinski definition) is 7. The molecular formula is C24H18ClF2N7O. The molecule has 0 amide bonds. The van der Waals surface area contributed by atoms with E-state index in [1.807, 2.05) is 6.07 Å². The second-order valence-corrected chi connectivity index (χ2v) is 8.71. The van der Waals surface area contributed by atoms with Gasteiger partial charge in [-0.05, 0) is 48.4 Å². The lowest BCUT2D eigenvalue weighted by Gasteiger charge is -2.25. The predicted molar refractivity (Wildman–Crippen MR) is 129 cm³/mol. The number of nitrogens with one attached hydrogen (secondary N) is 1. The first-order chi connectivity index (χ1) is 16.8. The van der Waals surface area contributed by atoms with Crippen LogP contribution in [-0.4, -0.2) is 14.5 Å². The van der Waals surface area contributed by atoms with E-state index < -0.39 is 23.2 Å². The summed E-state index contributed by atoms with van der Waals surface area (Å²) >= 11 is 6.34. The van der Waals surface area contributed by atoms with Crippen molar-refractivity contribution in [2.45, 2.75) is 18.9 Å². The number of halogens is 3. The third kappa shape index (κ3) is 4.11. The summed E-state index contributed by atoms with van der Waals surface area (Å²) in [6.45, 7) is 0. The van der Waals surface area contributed by atoms with E-state index in [9.17, 15) is 18.8 Å². The van der Waals surface area contributed by atoms with Crippen LogP contribution in [0.1, 0.15) is 30.1 Å². The van der Waals surface area contributed by atoms with Crippen molar-refractivity contribution < 1.29 is 8.78 Å². The molecule has 0 bridgehead atoms. The minimum atomic E-state index is -0.837. The molecule has 1 aliphatic carbocycles. The average molecular weight is 494 g/mol. The molecule has 4 aromatic rings. The predicted octanol–water partition coefficient (Wildman–Crippen LogP) is 4.31. The fourth-order valence-electron chi connectivity index (χ4n) is 4.22. The number of hydrogen-bond donors (Lipinski definition) is 3. The van der Waals surface area contributed by atoms with Crippen molar-refractivity contribution in [1.29, 1.82) is 5.26 Å². The second-order valence-electron chi connectivity index (χ2n) is 8.30. The molecular weight excluding hydrogens is 476 g/mol. The van der Waals surface area contributed by atoms with Crippen molar-refractivity contribution in [2.75, 3.05) is 16.8 Å². The molecule has 0 spiro atoms. The van der Waals surface area contributed by atoms with Gasteiger partial charge in [-0.1, -0.05) is 23.7 Å². The first-order valence-corrected chi connectivity index (χ1v) is 11.0. The summed E-state index contributed by atoms with van der Waals surface area (Å²) in [6.07, 6.45) is 1.63. The lowest BCUT2D eigenvalue weighted by molar-refractivity contribution is 0.578. The molecule has 5 rings (SSSR count). The molecule has 1 fully saturated rings. The molecule has 176 valence electrons. The van der Waals surface area contributed by atoms with Gasteiger partial charge in [-0.15, -0.1) is 0 Å². The highest BCUT2D eigenvalue weighted by molar-refractivity contribution is 6.35. The Morgan fingerprint density at radius 2 is 1.86 bits per heavy atom. The normalized spacial score (nSPS) is 14.0. The van der Waals surface area contributed by atoms with Gasteiger partial charge in [0.2, 0.25) is 5.95 Å². The van der Waals surface area contributed by atoms with Gasteiger partial charge in [0.15, 0.2) is 5.82 Å². The Labute approximate surface area is 202 Å². The lowest BCUT2D eigenvalue weighted by atomic mass is 10.0. The van der Waals surface area contributed by atoms with Crippen molar-refractivity contribution in [1.82, 2.24) is 14.5 Å². The van der Waals surface area contributed by atoms with Crippen LogP contribution in [0.4, 0.5) is 26.4 Å². The van der Waals surface area contributed by atoms with Gasteiger partial charge in [0.1, 0.15) is 29.1 Å². The smallest absolute Gasteiger partial charge is 0.264 e. The van der Waals surface area contributed by atoms with E-state index in [2.05, 4.69) is 15.3 Å². The zero-order valence-electron chi connectivity index (χ0n) is 18.1. The molecule has 5 N–H and O–H groups in total. The summed E-state index contributed by atoms with van der Waals surface area (Å²) in [5.74, 6) is -1.75. The summed E-state index contributed by atoms with van der Waals surface area (Å²) in [5.41, 5.74) is 11.5. The maximum absolute atomic E-state index is 14.2. The Bertz CT molecular complexity index is 1570. The van der Waals surface area contributed by atoms with E-state index in [-0.39, 0.29) is 45.2 Å². The first-order valence-electron chi connectivity index (χ1n) is 10.7. The number of pyridine rings is 1. The molecule has 2 heterocycles. The van der Waals surface area contributed by atoms with Crippen molar-refractivity contribution in [3.05, 3.63) is 80.7 Å². The molecule has 1 aliphatic rings. The number of rotatable bonds is 5. The molecule has 11 heteroatoms. The van der Waals surface area contributed by atoms with Crippen LogP contribution in [0.3, 0.4) is 0 Å². The topological polar surface area (TPSA) is 136 Å². The van der Waals surface area contributed by atoms with Crippen LogP contribution in [0.5, 0.6) is 0 Å². The summed E-state index contributed by atoms with van der Waals surface area (Å²) in [5, 5.41) is 13.8. The van der Waals surface area contributed by atoms with Crippen LogP contribution >= 0.6 is 11.6 Å². The largest absolute Gasteiger partial charge is 0.382 e. The van der Waals surface area contributed by atoms with Gasteiger partial charge in [-0.25, -0.2) is 8.78 Å². The molecule has 2 aromatic carbocycles. The van der Waals surface area contributed by atoms with Crippen molar-refractivity contribution in [2.24, 2.45) is 5.92 Å². The van der Waals surface area contributed by atoms with Gasteiger partial charge in [0, 0.05) is 11.8 Å². The van der Waals surface area contributed by atoms with Gasteiger partial charge < -0.3 is 16.8 Å². The lowest BCUT2D eigenvalue weighted by Crippen LogP contribution is -2.28. The highest BCUT2D eigenvalue weighted by Crippen LogP contribution is 2.44. The molecule has 35 heavy (non-hydrogen) atoms. The van der Waals surface area contributed by atoms with E-state index in [1.165, 1.54) is 4.57 Å². The molecule has 0 radical (unpaired) electrons. The van der Waals surface area contributed by atoms with Crippen molar-refractivity contribution in [3.8, 4) is 11.8 Å². The molecule has 2 aromatic heterocycles. The third-order valence-electron chi connectivity index (χ3n) is 5.90. The van der Waals surface area contributed by atoms with E-state index >= 15 is 0 Å². The fourth-order valence-corrected chi connectivity index (χ4v) is 4.49. The Morgan fingerprint density at radius 1 is 1.14 bits per heavy atom. The summed E-state index contributed by atoms with van der Waals surface area (Å²) in [4.78, 5) is 21.7. The quantitative estimate of drug-likeness (QED) is 0.377. The van der Waals surface area contributed by atoms with Crippen LogP contribution in [0, 0.1) is 28.9 Å². The van der Waals surface area contributed by atoms with E-state index in [0.29, 0.717) is 11.1 Å². The Kier molecular flexibility index (Phi) is 5.49. The van der Waals surface area contributed by atoms with E-state index in [1.54, 1.807) is 24.3 Å². The first kappa shape index (κ1) is 22.6. The number of nitrogens with zero attached hydrogens (tertiary/aromatic N) is 4. The third-order valence-corrected chi connectivity index (χ3v) is 6.22. The zero-order valence-corrected chi connectivity index (χ0v) is 18.9. The summed E-state index contributed by atoms with van der Waals surface area (Å²) < 4.78 is 29.6. The van der Waals surface area contributed by atoms with Crippen LogP contribution < -0.4 is 22.3 Å². The molecule has 1 saturated carbocycles. The van der Waals surface area contributed by atoms with Gasteiger partial charge in [0.25, 0.3) is 5.56 Å². The van der Waals surface area contributed by atoms with E-state index in [0.717, 1.165) is 31.0 Å². The van der Waals surface area contributed by atoms with Gasteiger partial charge >= 0.3 is 0 Å². The molecule has 0 saturated heterocycles. The average Bonchev–Trinajstić information content (AvgIpc) is 3.61. The highest BCUT2D eigenvalue weighted by Gasteiger charge is 2.36. The number of nitriles is 1. The number of nitrogen functional groups attached to an aromatic ring is 2. The van der Waals surface area contributed by atoms with Crippen LogP contribution in [0.15, 0.2) is 47.3 Å². The van der Waals surface area contributed by atoms with Gasteiger partial charge in [0.05, 0.1) is 22.1 Å². The van der Waals surface area contributed by atoms with Crippen molar-refractivity contribution in [3.63, 3.8) is 0 Å². The number of aromatic nitrogens is 3. The SMILES string of the molecule is N#Cc1c(N)nc(N)nc1N[C@H](c1cc2cccc(Cl)c2c(=O)n1-c1cc(F)cc(F)c1)C1CC1. The highest BCUT2D eigenvalue weighted by atomic mass is 35.5. The molecule has 8 nitrogen and oxygen atoms in total. The number of fused-ring (bicyclic) bond motifs is 1. The Morgan fingerprint density at radius 3 is 2.51 bits per heavy atom. The monoisotopic (exact) mass is 493 g/mol. The number of benzene rings is 2. The standard InChI is InChI=1S/C24H18ClF2N7O/c25-17-3-1-2-12-6-18(34(23(35)19(12)17)15-8-13(26)7-14(27)9-15)20(11-4-5-11)31-22-16(10-28)21(29)32-24(30)33-22/h1-3,6-9,11,20H,4-5H2,(H5,29,30,31,32,33)/t20-/m0/s1. The summed E-state index contributed by atoms with van der Waals surface area (Å²) in [7, 11) is 0. The minimum Gasteiger partial charge on any atom is -0.382 e. The van der Waals surface area contributed by atoms with Crippen LogP contribution in [0.25, 0.3) is 16.5 Å². The molecule has 1 atom stereocenters. The van der Waals surface area contributed by atoms with Gasteiger partial charge in [-0.2, -0.15) is 15.2 Å². The number of anilines is 3. The fraction of sp³-hybridized carbons (Fsp3) is 0.167. The van der Waals surface area contributed by atoms with Crippen molar-refractivity contribution >= 4 is 40.0 Å². The van der Waals surface area contributed by atoms with Crippen LogP contribution in [-0.2, 0) is 0 Å². The maximum Gasteiger partial charge on any atom is 0.264 e. The van der Waals surface area contributed by atoms with E-state index in [4.69, 9.17) is 23.1 Å².